The molecule has 5 heteroatoms. The van der Waals surface area contributed by atoms with Crippen LogP contribution >= 0.6 is 15.9 Å². The molecule has 0 spiro atoms. The molecule has 2 aromatic rings. The molecule has 1 aliphatic rings. The number of pyridine rings is 1. The number of fused-ring (bicyclic) bond motifs is 1. The fourth-order valence-electron chi connectivity index (χ4n) is 2.31. The van der Waals surface area contributed by atoms with Crippen molar-refractivity contribution in [3.05, 3.63) is 58.3 Å². The zero-order valence-corrected chi connectivity index (χ0v) is 12.1. The van der Waals surface area contributed by atoms with Gasteiger partial charge in [0.2, 0.25) is 0 Å². The number of amides is 1. The van der Waals surface area contributed by atoms with Crippen molar-refractivity contribution in [2.45, 2.75) is 6.42 Å². The summed E-state index contributed by atoms with van der Waals surface area (Å²) in [4.78, 5) is 29.6. The van der Waals surface area contributed by atoms with Crippen LogP contribution in [0, 0.1) is 0 Å². The quantitative estimate of drug-likeness (QED) is 0.813. The summed E-state index contributed by atoms with van der Waals surface area (Å²) in [6.45, 7) is 0.464. The van der Waals surface area contributed by atoms with Gasteiger partial charge in [0.15, 0.2) is 0 Å². The second-order valence-corrected chi connectivity index (χ2v) is 5.39. The second kappa shape index (κ2) is 5.17. The van der Waals surface area contributed by atoms with Crippen molar-refractivity contribution in [1.29, 1.82) is 0 Å². The van der Waals surface area contributed by atoms with E-state index in [1.54, 1.807) is 24.5 Å². The fraction of sp³-hybridized carbons (Fsp3) is 0.133. The Kier molecular flexibility index (Phi) is 3.36. The lowest BCUT2D eigenvalue weighted by atomic mass is 10.1. The molecule has 4 nitrogen and oxygen atoms in total. The largest absolute Gasteiger partial charge is 0.303 e. The molecule has 1 aromatic carbocycles. The molecule has 1 aromatic heterocycles. The molecule has 0 N–H and O–H groups in total. The van der Waals surface area contributed by atoms with Crippen molar-refractivity contribution in [3.8, 4) is 0 Å². The van der Waals surface area contributed by atoms with Crippen LogP contribution in [0.25, 0.3) is 0 Å². The smallest absolute Gasteiger partial charge is 0.299 e. The first-order valence-electron chi connectivity index (χ1n) is 6.22. The van der Waals surface area contributed by atoms with Crippen molar-refractivity contribution >= 4 is 33.3 Å². The third-order valence-corrected chi connectivity index (χ3v) is 3.93. The van der Waals surface area contributed by atoms with Crippen LogP contribution in [0.2, 0.25) is 0 Å². The minimum absolute atomic E-state index is 0.438. The van der Waals surface area contributed by atoms with Crippen LogP contribution in [0.15, 0.2) is 47.2 Å². The maximum atomic E-state index is 12.1. The van der Waals surface area contributed by atoms with Gasteiger partial charge in [-0.1, -0.05) is 12.1 Å². The fourth-order valence-corrected chi connectivity index (χ4v) is 2.89. The van der Waals surface area contributed by atoms with Gasteiger partial charge in [-0.3, -0.25) is 14.6 Å². The molecule has 1 amide bonds. The topological polar surface area (TPSA) is 50.3 Å². The van der Waals surface area contributed by atoms with E-state index in [0.29, 0.717) is 24.2 Å². The summed E-state index contributed by atoms with van der Waals surface area (Å²) in [5.41, 5.74) is 2.18. The lowest BCUT2D eigenvalue weighted by Gasteiger charge is -2.17. The van der Waals surface area contributed by atoms with E-state index >= 15 is 0 Å². The number of carbonyl (C=O) groups excluding carboxylic acids is 2. The van der Waals surface area contributed by atoms with Gasteiger partial charge in [0.05, 0.1) is 11.3 Å². The van der Waals surface area contributed by atoms with E-state index in [1.165, 1.54) is 4.90 Å². The number of anilines is 1. The summed E-state index contributed by atoms with van der Waals surface area (Å²) >= 11 is 3.41. The number of para-hydroxylation sites is 1. The molecule has 100 valence electrons. The standard InChI is InChI=1S/C15H11BrN2O2/c16-12-5-1-4-11-13(12)18(15(20)14(11)19)8-6-10-3-2-7-17-9-10/h1-5,7,9H,6,8H2. The number of hydrogen-bond acceptors (Lipinski definition) is 3. The van der Waals surface area contributed by atoms with Crippen LogP contribution in [-0.2, 0) is 11.2 Å². The number of carbonyl (C=O) groups is 2. The minimum atomic E-state index is -0.462. The molecule has 0 aliphatic carbocycles. The van der Waals surface area contributed by atoms with Crippen molar-refractivity contribution in [2.75, 3.05) is 11.4 Å². The Morgan fingerprint density at radius 3 is 2.75 bits per heavy atom. The maximum absolute atomic E-state index is 12.1. The second-order valence-electron chi connectivity index (χ2n) is 4.53. The predicted octanol–water partition coefficient (Wildman–Crippen LogP) is 2.62. The Labute approximate surface area is 124 Å². The van der Waals surface area contributed by atoms with E-state index in [-0.39, 0.29) is 0 Å². The van der Waals surface area contributed by atoms with Gasteiger partial charge in [0.1, 0.15) is 0 Å². The third-order valence-electron chi connectivity index (χ3n) is 3.29. The minimum Gasteiger partial charge on any atom is -0.303 e. The summed E-state index contributed by atoms with van der Waals surface area (Å²) in [6, 6.07) is 9.09. The van der Waals surface area contributed by atoms with E-state index in [2.05, 4.69) is 20.9 Å². The van der Waals surface area contributed by atoms with Crippen LogP contribution in [0.5, 0.6) is 0 Å². The molecule has 0 fully saturated rings. The highest BCUT2D eigenvalue weighted by Crippen LogP contribution is 2.35. The Hall–Kier alpha value is -2.01. The van der Waals surface area contributed by atoms with Crippen LogP contribution in [0.4, 0.5) is 5.69 Å². The van der Waals surface area contributed by atoms with E-state index in [9.17, 15) is 9.59 Å². The van der Waals surface area contributed by atoms with Gasteiger partial charge >= 0.3 is 0 Å². The number of hydrogen-bond donors (Lipinski definition) is 0. The van der Waals surface area contributed by atoms with Crippen LogP contribution in [-0.4, -0.2) is 23.2 Å². The average Bonchev–Trinajstić information content (AvgIpc) is 2.72. The lowest BCUT2D eigenvalue weighted by molar-refractivity contribution is -0.114. The van der Waals surface area contributed by atoms with Crippen molar-refractivity contribution in [3.63, 3.8) is 0 Å². The van der Waals surface area contributed by atoms with Gasteiger partial charge in [-0.15, -0.1) is 0 Å². The molecule has 0 bridgehead atoms. The predicted molar refractivity (Wildman–Crippen MR) is 78.8 cm³/mol. The van der Waals surface area contributed by atoms with Crippen LogP contribution in [0.3, 0.4) is 0 Å². The first-order valence-corrected chi connectivity index (χ1v) is 7.01. The zero-order chi connectivity index (χ0) is 14.1. The van der Waals surface area contributed by atoms with E-state index in [4.69, 9.17) is 0 Å². The molecule has 0 saturated heterocycles. The van der Waals surface area contributed by atoms with Gasteiger partial charge in [-0.2, -0.15) is 0 Å². The van der Waals surface area contributed by atoms with Gasteiger partial charge in [0, 0.05) is 23.4 Å². The number of aromatic nitrogens is 1. The number of nitrogens with zero attached hydrogens (tertiary/aromatic N) is 2. The third kappa shape index (κ3) is 2.14. The lowest BCUT2D eigenvalue weighted by Crippen LogP contribution is -2.31. The molecule has 1 aliphatic heterocycles. The maximum Gasteiger partial charge on any atom is 0.299 e. The van der Waals surface area contributed by atoms with Gasteiger partial charge < -0.3 is 4.90 Å². The van der Waals surface area contributed by atoms with Gasteiger partial charge in [-0.25, -0.2) is 0 Å². The Bertz CT molecular complexity index is 686. The number of Topliss-reactive ketones (excluding diaryl/α,β-unsaturated/α-hetero) is 1. The summed E-state index contributed by atoms with van der Waals surface area (Å²) in [5.74, 6) is -0.900. The Morgan fingerprint density at radius 2 is 2.00 bits per heavy atom. The average molecular weight is 331 g/mol. The normalized spacial score (nSPS) is 13.8. The molecular formula is C15H11BrN2O2. The van der Waals surface area contributed by atoms with Crippen LogP contribution in [0.1, 0.15) is 15.9 Å². The van der Waals surface area contributed by atoms with E-state index in [0.717, 1.165) is 10.0 Å². The molecule has 0 radical (unpaired) electrons. The first kappa shape index (κ1) is 13.0. The number of benzene rings is 1. The summed E-state index contributed by atoms with van der Waals surface area (Å²) < 4.78 is 0.764. The molecule has 2 heterocycles. The Morgan fingerprint density at radius 1 is 1.15 bits per heavy atom. The van der Waals surface area contributed by atoms with Crippen molar-refractivity contribution < 1.29 is 9.59 Å². The molecule has 0 unspecified atom stereocenters. The summed E-state index contributed by atoms with van der Waals surface area (Å²) in [7, 11) is 0. The van der Waals surface area contributed by atoms with Gasteiger partial charge in [0.25, 0.3) is 11.7 Å². The van der Waals surface area contributed by atoms with Crippen molar-refractivity contribution in [1.82, 2.24) is 4.98 Å². The van der Waals surface area contributed by atoms with Crippen LogP contribution < -0.4 is 4.90 Å². The highest BCUT2D eigenvalue weighted by Gasteiger charge is 2.36. The van der Waals surface area contributed by atoms with Gasteiger partial charge in [-0.05, 0) is 46.1 Å². The molecule has 20 heavy (non-hydrogen) atoms. The Balaban J connectivity index is 1.88. The zero-order valence-electron chi connectivity index (χ0n) is 10.5. The first-order chi connectivity index (χ1) is 9.68. The number of rotatable bonds is 3. The van der Waals surface area contributed by atoms with E-state index in [1.807, 2.05) is 18.2 Å². The molecule has 3 rings (SSSR count). The summed E-state index contributed by atoms with van der Waals surface area (Å²) in [6.07, 6.45) is 4.14. The molecule has 0 saturated carbocycles. The highest BCUT2D eigenvalue weighted by atomic mass is 79.9. The monoisotopic (exact) mass is 330 g/mol. The SMILES string of the molecule is O=C1C(=O)N(CCc2cccnc2)c2c(Br)cccc21. The highest BCUT2D eigenvalue weighted by molar-refractivity contribution is 9.10. The number of ketones is 1. The summed E-state index contributed by atoms with van der Waals surface area (Å²) in [5, 5.41) is 0. The van der Waals surface area contributed by atoms with E-state index < -0.39 is 11.7 Å². The van der Waals surface area contributed by atoms with Crippen molar-refractivity contribution in [2.24, 2.45) is 0 Å². The molecular weight excluding hydrogens is 320 g/mol. The molecule has 0 atom stereocenters. The number of halogens is 1.